The van der Waals surface area contributed by atoms with Crippen molar-refractivity contribution in [2.45, 2.75) is 11.4 Å². The van der Waals surface area contributed by atoms with Crippen LogP contribution in [0.25, 0.3) is 11.1 Å². The van der Waals surface area contributed by atoms with Gasteiger partial charge in [0.1, 0.15) is 0 Å². The minimum Gasteiger partial charge on any atom is -0.395 e. The normalized spacial score (nSPS) is 17.7. The molecule has 14 heteroatoms. The average molecular weight is 588 g/mol. The lowest BCUT2D eigenvalue weighted by Gasteiger charge is -2.34. The zero-order valence-corrected chi connectivity index (χ0v) is 23.6. The summed E-state index contributed by atoms with van der Waals surface area (Å²) in [5.41, 5.74) is 3.79. The second-order valence-corrected chi connectivity index (χ2v) is 12.7. The van der Waals surface area contributed by atoms with Crippen molar-refractivity contribution in [3.05, 3.63) is 58.5 Å². The third-order valence-electron chi connectivity index (χ3n) is 7.32. The highest BCUT2D eigenvalue weighted by Crippen LogP contribution is 2.31. The number of amides is 1. The van der Waals surface area contributed by atoms with Gasteiger partial charge in [-0.2, -0.15) is 4.31 Å². The second-order valence-electron chi connectivity index (χ2n) is 9.73. The summed E-state index contributed by atoms with van der Waals surface area (Å²) in [5.74, 6) is -0.299. The minimum atomic E-state index is -3.66. The summed E-state index contributed by atoms with van der Waals surface area (Å²) in [6, 6.07) is 9.22. The van der Waals surface area contributed by atoms with Crippen LogP contribution in [0.4, 0.5) is 5.95 Å². The molecular formula is C26H33N7O5S2. The lowest BCUT2D eigenvalue weighted by Crippen LogP contribution is -2.49. The van der Waals surface area contributed by atoms with Crippen LogP contribution in [-0.4, -0.2) is 114 Å². The van der Waals surface area contributed by atoms with Gasteiger partial charge >= 0.3 is 0 Å². The van der Waals surface area contributed by atoms with E-state index in [1.807, 2.05) is 17.0 Å². The highest BCUT2D eigenvalue weighted by Gasteiger charge is 2.29. The van der Waals surface area contributed by atoms with Gasteiger partial charge in [0.15, 0.2) is 0 Å². The molecule has 3 aromatic rings. The van der Waals surface area contributed by atoms with Crippen molar-refractivity contribution < 1.29 is 23.5 Å². The van der Waals surface area contributed by atoms with Gasteiger partial charge < -0.3 is 10.0 Å². The summed E-state index contributed by atoms with van der Waals surface area (Å²) in [6.07, 6.45) is 2.63. The van der Waals surface area contributed by atoms with Gasteiger partial charge in [-0.15, -0.1) is 11.3 Å². The Morgan fingerprint density at radius 3 is 2.20 bits per heavy atom. The zero-order chi connectivity index (χ0) is 28.1. The van der Waals surface area contributed by atoms with E-state index in [9.17, 15) is 13.2 Å². The fraction of sp³-hybridized carbons (Fsp3) is 0.423. The fourth-order valence-corrected chi connectivity index (χ4v) is 7.35. The lowest BCUT2D eigenvalue weighted by atomic mass is 10.1. The topological polar surface area (TPSA) is 142 Å². The molecule has 0 bridgehead atoms. The highest BCUT2D eigenvalue weighted by molar-refractivity contribution is 7.89. The summed E-state index contributed by atoms with van der Waals surface area (Å²) in [7, 11) is -3.66. The van der Waals surface area contributed by atoms with E-state index < -0.39 is 15.9 Å². The fourth-order valence-electron chi connectivity index (χ4n) is 4.99. The Hall–Kier alpha value is -2.98. The molecule has 1 aromatic carbocycles. The summed E-state index contributed by atoms with van der Waals surface area (Å²) in [5, 5.41) is 20.0. The van der Waals surface area contributed by atoms with E-state index in [1.165, 1.54) is 27.1 Å². The van der Waals surface area contributed by atoms with Crippen LogP contribution in [0.1, 0.15) is 15.2 Å². The van der Waals surface area contributed by atoms with E-state index in [0.717, 1.165) is 50.4 Å². The summed E-state index contributed by atoms with van der Waals surface area (Å²) >= 11 is 1.72. The van der Waals surface area contributed by atoms with Crippen LogP contribution >= 0.6 is 11.3 Å². The van der Waals surface area contributed by atoms with Gasteiger partial charge in [0, 0.05) is 82.7 Å². The smallest absolute Gasteiger partial charge is 0.277 e. The largest absolute Gasteiger partial charge is 0.395 e. The van der Waals surface area contributed by atoms with Crippen molar-refractivity contribution >= 4 is 33.2 Å². The Balaban J connectivity index is 1.19. The average Bonchev–Trinajstić information content (AvgIpc) is 3.46. The first kappa shape index (κ1) is 28.5. The van der Waals surface area contributed by atoms with Crippen molar-refractivity contribution in [1.82, 2.24) is 29.6 Å². The molecule has 2 fully saturated rings. The van der Waals surface area contributed by atoms with E-state index in [1.54, 1.807) is 23.5 Å². The van der Waals surface area contributed by atoms with Crippen LogP contribution in [0.5, 0.6) is 0 Å². The van der Waals surface area contributed by atoms with Crippen LogP contribution in [0.3, 0.4) is 0 Å². The Morgan fingerprint density at radius 1 is 0.925 bits per heavy atom. The molecule has 0 atom stereocenters. The third-order valence-corrected chi connectivity index (χ3v) is 10.1. The Morgan fingerprint density at radius 2 is 1.57 bits per heavy atom. The summed E-state index contributed by atoms with van der Waals surface area (Å²) in [4.78, 5) is 27.9. The molecular weight excluding hydrogens is 554 g/mol. The van der Waals surface area contributed by atoms with Crippen LogP contribution in [0.2, 0.25) is 0 Å². The summed E-state index contributed by atoms with van der Waals surface area (Å²) in [6.45, 7) is 6.97. The van der Waals surface area contributed by atoms with Gasteiger partial charge in [-0.05, 0) is 34.7 Å². The van der Waals surface area contributed by atoms with Crippen LogP contribution in [-0.2, 0) is 16.6 Å². The number of sulfonamides is 1. The lowest BCUT2D eigenvalue weighted by molar-refractivity contribution is 0.0705. The number of hydroxylamine groups is 1. The number of hydrogen-bond donors (Lipinski definition) is 3. The standard InChI is InChI=1S/C26H33N7O5S2/c34-15-14-30-6-8-31(9-7-30)19-24-23(5-16-39-24)20-1-3-22(4-2-20)40(37,38)33-12-10-32(11-13-33)26-27-17-21(18-28-26)25(35)29-36/h1-5,16-18,34,36H,6-15,19H2,(H,29,35). The van der Waals surface area contributed by atoms with E-state index in [4.69, 9.17) is 10.3 Å². The molecule has 2 aliphatic heterocycles. The van der Waals surface area contributed by atoms with Gasteiger partial charge in [0.25, 0.3) is 5.91 Å². The maximum Gasteiger partial charge on any atom is 0.277 e. The predicted octanol–water partition coefficient (Wildman–Crippen LogP) is 0.945. The number of thiophene rings is 1. The van der Waals surface area contributed by atoms with E-state index >= 15 is 0 Å². The Bertz CT molecular complexity index is 1380. The number of hydrogen-bond acceptors (Lipinski definition) is 11. The SMILES string of the molecule is O=C(NO)c1cnc(N2CCN(S(=O)(=O)c3ccc(-c4ccsc4CN4CCN(CCO)CC4)cc3)CC2)nc1. The molecule has 0 radical (unpaired) electrons. The number of benzene rings is 1. The number of aromatic nitrogens is 2. The highest BCUT2D eigenvalue weighted by atomic mass is 32.2. The maximum atomic E-state index is 13.4. The quantitative estimate of drug-likeness (QED) is 0.245. The van der Waals surface area contributed by atoms with Gasteiger partial charge in [-0.1, -0.05) is 12.1 Å². The molecule has 2 saturated heterocycles. The molecule has 3 N–H and O–H groups in total. The van der Waals surface area contributed by atoms with Crippen LogP contribution in [0.15, 0.2) is 53.0 Å². The first-order valence-electron chi connectivity index (χ1n) is 13.1. The van der Waals surface area contributed by atoms with Crippen LogP contribution < -0.4 is 10.4 Å². The first-order valence-corrected chi connectivity index (χ1v) is 15.4. The molecule has 0 aliphatic carbocycles. The second kappa shape index (κ2) is 12.7. The summed E-state index contributed by atoms with van der Waals surface area (Å²) < 4.78 is 28.2. The number of carbonyl (C=O) groups excluding carboxylic acids is 1. The third kappa shape index (κ3) is 6.33. The van der Waals surface area contributed by atoms with Crippen molar-refractivity contribution in [2.24, 2.45) is 0 Å². The van der Waals surface area contributed by atoms with Gasteiger partial charge in [-0.25, -0.2) is 23.9 Å². The van der Waals surface area contributed by atoms with Gasteiger partial charge in [-0.3, -0.25) is 19.8 Å². The molecule has 0 spiro atoms. The number of nitrogens with zero attached hydrogens (tertiary/aromatic N) is 6. The van der Waals surface area contributed by atoms with E-state index in [-0.39, 0.29) is 30.2 Å². The van der Waals surface area contributed by atoms with Gasteiger partial charge in [0.05, 0.1) is 17.1 Å². The van der Waals surface area contributed by atoms with Crippen molar-refractivity contribution in [3.8, 4) is 11.1 Å². The number of carbonyl (C=O) groups is 1. The molecule has 12 nitrogen and oxygen atoms in total. The number of rotatable bonds is 9. The number of aliphatic hydroxyl groups excluding tert-OH is 1. The first-order chi connectivity index (χ1) is 19.4. The molecule has 1 amide bonds. The molecule has 0 unspecified atom stereocenters. The zero-order valence-electron chi connectivity index (χ0n) is 22.0. The van der Waals surface area contributed by atoms with E-state index in [2.05, 4.69) is 31.2 Å². The number of nitrogens with one attached hydrogen (secondary N) is 1. The van der Waals surface area contributed by atoms with E-state index in [0.29, 0.717) is 19.0 Å². The molecule has 5 rings (SSSR count). The molecule has 0 saturated carbocycles. The maximum absolute atomic E-state index is 13.4. The van der Waals surface area contributed by atoms with Crippen LogP contribution in [0, 0.1) is 0 Å². The predicted molar refractivity (Wildman–Crippen MR) is 151 cm³/mol. The molecule has 2 aromatic heterocycles. The number of piperazine rings is 2. The number of anilines is 1. The molecule has 2 aliphatic rings. The van der Waals surface area contributed by atoms with Crippen molar-refractivity contribution in [2.75, 3.05) is 70.4 Å². The Labute approximate surface area is 237 Å². The number of aliphatic hydroxyl groups is 1. The van der Waals surface area contributed by atoms with Crippen molar-refractivity contribution in [1.29, 1.82) is 0 Å². The monoisotopic (exact) mass is 587 g/mol. The van der Waals surface area contributed by atoms with Gasteiger partial charge in [0.2, 0.25) is 16.0 Å². The van der Waals surface area contributed by atoms with Crippen molar-refractivity contribution in [3.63, 3.8) is 0 Å². The molecule has 40 heavy (non-hydrogen) atoms. The number of β-amino-alcohol motifs (C(OH)–C–C–N with tert-alkyl or cyclic N) is 1. The molecule has 4 heterocycles. The minimum absolute atomic E-state index is 0.127. The molecule has 214 valence electrons. The Kier molecular flexibility index (Phi) is 9.05.